The molecule has 0 aliphatic heterocycles. The molecular weight excluding hydrogens is 362 g/mol. The number of carbonyl (C=O) groups excluding carboxylic acids is 1. The van der Waals surface area contributed by atoms with Crippen LogP contribution in [-0.4, -0.2) is 43.8 Å². The van der Waals surface area contributed by atoms with Crippen molar-refractivity contribution in [1.29, 1.82) is 0 Å². The maximum atomic E-state index is 13.0. The summed E-state index contributed by atoms with van der Waals surface area (Å²) in [6.07, 6.45) is 8.67. The van der Waals surface area contributed by atoms with Crippen LogP contribution in [0.15, 0.2) is 29.2 Å². The Morgan fingerprint density at radius 1 is 1.07 bits per heavy atom. The van der Waals surface area contributed by atoms with Crippen LogP contribution in [0.3, 0.4) is 0 Å². The van der Waals surface area contributed by atoms with Crippen LogP contribution in [0.25, 0.3) is 0 Å². The van der Waals surface area contributed by atoms with Crippen molar-refractivity contribution >= 4 is 15.9 Å². The van der Waals surface area contributed by atoms with Gasteiger partial charge in [0, 0.05) is 30.7 Å². The molecule has 2 aliphatic rings. The van der Waals surface area contributed by atoms with E-state index in [9.17, 15) is 13.2 Å². The Morgan fingerprint density at radius 3 is 2.41 bits per heavy atom. The molecule has 0 bridgehead atoms. The molecule has 2 fully saturated rings. The van der Waals surface area contributed by atoms with E-state index in [-0.39, 0.29) is 28.9 Å². The van der Waals surface area contributed by atoms with Crippen molar-refractivity contribution in [2.24, 2.45) is 5.73 Å². The van der Waals surface area contributed by atoms with E-state index in [4.69, 9.17) is 5.73 Å². The molecule has 1 aromatic carbocycles. The van der Waals surface area contributed by atoms with Crippen molar-refractivity contribution in [2.75, 3.05) is 7.05 Å². The first-order valence-electron chi connectivity index (χ1n) is 10.0. The lowest BCUT2D eigenvalue weighted by molar-refractivity contribution is 0.0925. The Kier molecular flexibility index (Phi) is 6.55. The first kappa shape index (κ1) is 20.3. The van der Waals surface area contributed by atoms with Gasteiger partial charge in [-0.2, -0.15) is 4.31 Å². The topological polar surface area (TPSA) is 92.5 Å². The lowest BCUT2D eigenvalue weighted by atomic mass is 9.91. The Hall–Kier alpha value is -1.44. The third-order valence-corrected chi connectivity index (χ3v) is 7.88. The van der Waals surface area contributed by atoms with E-state index in [1.165, 1.54) is 16.8 Å². The number of amides is 1. The van der Waals surface area contributed by atoms with Gasteiger partial charge < -0.3 is 11.1 Å². The SMILES string of the molecule is CN(C1CCCCC1)S(=O)(=O)c1cccc(C(=O)NC2CCC(N)CC2)c1. The number of hydrogen-bond donors (Lipinski definition) is 2. The van der Waals surface area contributed by atoms with Gasteiger partial charge >= 0.3 is 0 Å². The quantitative estimate of drug-likeness (QED) is 0.804. The minimum absolute atomic E-state index is 0.0488. The summed E-state index contributed by atoms with van der Waals surface area (Å²) in [4.78, 5) is 12.8. The Labute approximate surface area is 162 Å². The summed E-state index contributed by atoms with van der Waals surface area (Å²) in [5.41, 5.74) is 6.30. The highest BCUT2D eigenvalue weighted by atomic mass is 32.2. The number of rotatable bonds is 5. The third kappa shape index (κ3) is 4.89. The molecule has 27 heavy (non-hydrogen) atoms. The van der Waals surface area contributed by atoms with E-state index in [0.717, 1.165) is 51.4 Å². The molecule has 0 heterocycles. The van der Waals surface area contributed by atoms with Crippen LogP contribution >= 0.6 is 0 Å². The number of carbonyl (C=O) groups is 1. The van der Waals surface area contributed by atoms with E-state index in [1.54, 1.807) is 25.2 Å². The average molecular weight is 394 g/mol. The third-order valence-electron chi connectivity index (χ3n) is 5.97. The van der Waals surface area contributed by atoms with Crippen LogP contribution in [0, 0.1) is 0 Å². The Balaban J connectivity index is 1.71. The second-order valence-electron chi connectivity index (χ2n) is 7.93. The van der Waals surface area contributed by atoms with Gasteiger partial charge in [-0.1, -0.05) is 25.3 Å². The second-order valence-corrected chi connectivity index (χ2v) is 9.92. The molecule has 0 spiro atoms. The predicted octanol–water partition coefficient (Wildman–Crippen LogP) is 2.64. The maximum Gasteiger partial charge on any atom is 0.251 e. The number of nitrogens with zero attached hydrogens (tertiary/aromatic N) is 1. The summed E-state index contributed by atoms with van der Waals surface area (Å²) in [5.74, 6) is -0.215. The lowest BCUT2D eigenvalue weighted by Gasteiger charge is -2.30. The summed E-state index contributed by atoms with van der Waals surface area (Å²) in [5, 5.41) is 3.02. The van der Waals surface area contributed by atoms with Gasteiger partial charge in [-0.25, -0.2) is 8.42 Å². The van der Waals surface area contributed by atoms with Crippen molar-refractivity contribution in [3.05, 3.63) is 29.8 Å². The summed E-state index contributed by atoms with van der Waals surface area (Å²) < 4.78 is 27.5. The van der Waals surface area contributed by atoms with Gasteiger partial charge in [0.2, 0.25) is 10.0 Å². The second kappa shape index (κ2) is 8.71. The summed E-state index contributed by atoms with van der Waals surface area (Å²) in [6, 6.07) is 6.78. The van der Waals surface area contributed by atoms with Gasteiger partial charge in [0.1, 0.15) is 0 Å². The number of benzene rings is 1. The van der Waals surface area contributed by atoms with Crippen LogP contribution in [0.2, 0.25) is 0 Å². The maximum absolute atomic E-state index is 13.0. The van der Waals surface area contributed by atoms with Gasteiger partial charge in [0.25, 0.3) is 5.91 Å². The van der Waals surface area contributed by atoms with Crippen molar-refractivity contribution < 1.29 is 13.2 Å². The number of nitrogens with two attached hydrogens (primary N) is 1. The standard InChI is InChI=1S/C20H31N3O3S/c1-23(18-7-3-2-4-8-18)27(25,26)19-9-5-6-15(14-19)20(24)22-17-12-10-16(21)11-13-17/h5-6,9,14,16-18H,2-4,7-8,10-13,21H2,1H3,(H,22,24). The zero-order valence-electron chi connectivity index (χ0n) is 16.1. The smallest absolute Gasteiger partial charge is 0.251 e. The largest absolute Gasteiger partial charge is 0.349 e. The van der Waals surface area contributed by atoms with E-state index in [0.29, 0.717) is 5.56 Å². The van der Waals surface area contributed by atoms with E-state index >= 15 is 0 Å². The van der Waals surface area contributed by atoms with Crippen LogP contribution in [0.1, 0.15) is 68.1 Å². The summed E-state index contributed by atoms with van der Waals surface area (Å²) in [7, 11) is -1.94. The molecule has 0 unspecified atom stereocenters. The molecule has 6 nitrogen and oxygen atoms in total. The van der Waals surface area contributed by atoms with E-state index in [2.05, 4.69) is 5.32 Å². The monoisotopic (exact) mass is 393 g/mol. The number of hydrogen-bond acceptors (Lipinski definition) is 4. The zero-order valence-corrected chi connectivity index (χ0v) is 16.9. The Bertz CT molecular complexity index is 751. The summed E-state index contributed by atoms with van der Waals surface area (Å²) >= 11 is 0. The molecule has 0 aromatic heterocycles. The number of nitrogens with one attached hydrogen (secondary N) is 1. The van der Waals surface area contributed by atoms with Crippen LogP contribution in [0.5, 0.6) is 0 Å². The molecule has 3 N–H and O–H groups in total. The molecule has 1 amide bonds. The zero-order chi connectivity index (χ0) is 19.4. The lowest BCUT2D eigenvalue weighted by Crippen LogP contribution is -2.40. The minimum Gasteiger partial charge on any atom is -0.349 e. The highest BCUT2D eigenvalue weighted by Gasteiger charge is 2.29. The minimum atomic E-state index is -3.60. The van der Waals surface area contributed by atoms with Crippen molar-refractivity contribution in [2.45, 2.75) is 80.8 Å². The van der Waals surface area contributed by atoms with Crippen LogP contribution in [-0.2, 0) is 10.0 Å². The van der Waals surface area contributed by atoms with Crippen molar-refractivity contribution in [3.63, 3.8) is 0 Å². The Morgan fingerprint density at radius 2 is 1.74 bits per heavy atom. The first-order valence-corrected chi connectivity index (χ1v) is 11.5. The van der Waals surface area contributed by atoms with Crippen LogP contribution in [0.4, 0.5) is 0 Å². The molecule has 1 aromatic rings. The average Bonchev–Trinajstić information content (AvgIpc) is 2.70. The molecule has 2 aliphatic carbocycles. The molecule has 0 atom stereocenters. The highest BCUT2D eigenvalue weighted by Crippen LogP contribution is 2.27. The highest BCUT2D eigenvalue weighted by molar-refractivity contribution is 7.89. The molecule has 2 saturated carbocycles. The molecule has 7 heteroatoms. The van der Waals surface area contributed by atoms with Gasteiger partial charge in [0.15, 0.2) is 0 Å². The van der Waals surface area contributed by atoms with Gasteiger partial charge in [-0.05, 0) is 56.7 Å². The normalized spacial score (nSPS) is 24.7. The number of sulfonamides is 1. The molecular formula is C20H31N3O3S. The fourth-order valence-electron chi connectivity index (χ4n) is 4.14. The predicted molar refractivity (Wildman–Crippen MR) is 106 cm³/mol. The van der Waals surface area contributed by atoms with E-state index < -0.39 is 10.0 Å². The first-order chi connectivity index (χ1) is 12.9. The molecule has 0 radical (unpaired) electrons. The van der Waals surface area contributed by atoms with Crippen molar-refractivity contribution in [1.82, 2.24) is 9.62 Å². The fraction of sp³-hybridized carbons (Fsp3) is 0.650. The molecule has 0 saturated heterocycles. The van der Waals surface area contributed by atoms with Gasteiger partial charge in [-0.15, -0.1) is 0 Å². The van der Waals surface area contributed by atoms with Crippen LogP contribution < -0.4 is 11.1 Å². The molecule has 150 valence electrons. The van der Waals surface area contributed by atoms with E-state index in [1.807, 2.05) is 0 Å². The van der Waals surface area contributed by atoms with Crippen molar-refractivity contribution in [3.8, 4) is 0 Å². The van der Waals surface area contributed by atoms with Gasteiger partial charge in [-0.3, -0.25) is 4.79 Å². The van der Waals surface area contributed by atoms with Gasteiger partial charge in [0.05, 0.1) is 4.90 Å². The molecule has 3 rings (SSSR count). The summed E-state index contributed by atoms with van der Waals surface area (Å²) in [6.45, 7) is 0. The fourth-order valence-corrected chi connectivity index (χ4v) is 5.60.